The van der Waals surface area contributed by atoms with Gasteiger partial charge >= 0.3 is 6.03 Å². The predicted octanol–water partition coefficient (Wildman–Crippen LogP) is 2.40. The van der Waals surface area contributed by atoms with Crippen LogP contribution in [0.4, 0.5) is 4.79 Å². The molecule has 6 nitrogen and oxygen atoms in total. The highest BCUT2D eigenvalue weighted by atomic mass is 16.2. The van der Waals surface area contributed by atoms with Gasteiger partial charge in [-0.1, -0.05) is 36.4 Å². The van der Waals surface area contributed by atoms with Crippen LogP contribution < -0.4 is 10.6 Å². The molecule has 0 spiro atoms. The highest BCUT2D eigenvalue weighted by Crippen LogP contribution is 2.04. The van der Waals surface area contributed by atoms with Crippen LogP contribution in [0.3, 0.4) is 0 Å². The van der Waals surface area contributed by atoms with Gasteiger partial charge in [-0.15, -0.1) is 0 Å². The Morgan fingerprint density at radius 1 is 1.07 bits per heavy atom. The zero-order valence-corrected chi connectivity index (χ0v) is 16.0. The van der Waals surface area contributed by atoms with Crippen LogP contribution in [-0.2, 0) is 17.6 Å². The van der Waals surface area contributed by atoms with Gasteiger partial charge in [0.05, 0.1) is 6.54 Å². The molecule has 0 aliphatic carbocycles. The summed E-state index contributed by atoms with van der Waals surface area (Å²) in [5.74, 6) is -0.127. The summed E-state index contributed by atoms with van der Waals surface area (Å²) < 4.78 is 0. The Balaban J connectivity index is 1.62. The Morgan fingerprint density at radius 2 is 1.81 bits per heavy atom. The van der Waals surface area contributed by atoms with E-state index in [1.54, 1.807) is 18.1 Å². The average Bonchev–Trinajstić information content (AvgIpc) is 2.70. The number of aromatic nitrogens is 1. The minimum absolute atomic E-state index is 0.0179. The molecule has 1 heterocycles. The Morgan fingerprint density at radius 3 is 2.52 bits per heavy atom. The summed E-state index contributed by atoms with van der Waals surface area (Å²) in [5.41, 5.74) is 2.19. The van der Waals surface area contributed by atoms with Gasteiger partial charge in [0.15, 0.2) is 0 Å². The summed E-state index contributed by atoms with van der Waals surface area (Å²) in [5, 5.41) is 5.51. The lowest BCUT2D eigenvalue weighted by Crippen LogP contribution is -2.45. The van der Waals surface area contributed by atoms with Crippen molar-refractivity contribution in [2.75, 3.05) is 20.1 Å². The van der Waals surface area contributed by atoms with Gasteiger partial charge in [0.2, 0.25) is 5.91 Å². The van der Waals surface area contributed by atoms with E-state index in [2.05, 4.69) is 27.8 Å². The molecule has 1 unspecified atom stereocenters. The van der Waals surface area contributed by atoms with Crippen LogP contribution in [0.2, 0.25) is 0 Å². The monoisotopic (exact) mass is 368 g/mol. The van der Waals surface area contributed by atoms with Gasteiger partial charge in [0.25, 0.3) is 0 Å². The topological polar surface area (TPSA) is 74.3 Å². The fraction of sp³-hybridized carbons (Fsp3) is 0.381. The van der Waals surface area contributed by atoms with Crippen molar-refractivity contribution in [1.82, 2.24) is 20.5 Å². The number of urea groups is 1. The van der Waals surface area contributed by atoms with Crippen molar-refractivity contribution in [3.8, 4) is 0 Å². The van der Waals surface area contributed by atoms with Crippen molar-refractivity contribution < 1.29 is 9.59 Å². The van der Waals surface area contributed by atoms with Crippen LogP contribution in [0.1, 0.15) is 24.6 Å². The normalized spacial score (nSPS) is 11.5. The average molecular weight is 368 g/mol. The zero-order valence-electron chi connectivity index (χ0n) is 16.0. The lowest BCUT2D eigenvalue weighted by Gasteiger charge is -2.18. The van der Waals surface area contributed by atoms with Crippen molar-refractivity contribution in [1.29, 1.82) is 0 Å². The SMILES string of the molecule is CC(CCc1ccccc1)NC(=O)NCC(=O)N(C)CCc1ccccn1. The highest BCUT2D eigenvalue weighted by Gasteiger charge is 2.12. The Labute approximate surface area is 161 Å². The first-order chi connectivity index (χ1) is 13.0. The lowest BCUT2D eigenvalue weighted by molar-refractivity contribution is -0.128. The smallest absolute Gasteiger partial charge is 0.315 e. The molecule has 144 valence electrons. The van der Waals surface area contributed by atoms with Crippen LogP contribution in [0.15, 0.2) is 54.7 Å². The molecule has 0 aliphatic rings. The molecule has 0 saturated carbocycles. The molecule has 1 atom stereocenters. The Kier molecular flexibility index (Phi) is 8.29. The molecular weight excluding hydrogens is 340 g/mol. The molecule has 0 aliphatic heterocycles. The van der Waals surface area contributed by atoms with Crippen LogP contribution in [0, 0.1) is 0 Å². The van der Waals surface area contributed by atoms with Crippen LogP contribution in [-0.4, -0.2) is 48.0 Å². The van der Waals surface area contributed by atoms with E-state index < -0.39 is 0 Å². The summed E-state index contributed by atoms with van der Waals surface area (Å²) in [6, 6.07) is 15.6. The van der Waals surface area contributed by atoms with Gasteiger partial charge < -0.3 is 15.5 Å². The molecule has 0 bridgehead atoms. The second-order valence-electron chi connectivity index (χ2n) is 6.64. The van der Waals surface area contributed by atoms with Crippen molar-refractivity contribution >= 4 is 11.9 Å². The first-order valence-corrected chi connectivity index (χ1v) is 9.26. The van der Waals surface area contributed by atoms with Gasteiger partial charge in [0, 0.05) is 37.9 Å². The second kappa shape index (κ2) is 11.0. The van der Waals surface area contributed by atoms with Gasteiger partial charge in [-0.2, -0.15) is 0 Å². The van der Waals surface area contributed by atoms with Crippen molar-refractivity contribution in [3.63, 3.8) is 0 Å². The van der Waals surface area contributed by atoms with E-state index in [1.165, 1.54) is 5.56 Å². The van der Waals surface area contributed by atoms with E-state index >= 15 is 0 Å². The fourth-order valence-corrected chi connectivity index (χ4v) is 2.62. The number of carbonyl (C=O) groups excluding carboxylic acids is 2. The fourth-order valence-electron chi connectivity index (χ4n) is 2.62. The summed E-state index contributed by atoms with van der Waals surface area (Å²) in [7, 11) is 1.73. The minimum Gasteiger partial charge on any atom is -0.344 e. The minimum atomic E-state index is -0.318. The zero-order chi connectivity index (χ0) is 19.5. The maximum Gasteiger partial charge on any atom is 0.315 e. The number of amides is 3. The van der Waals surface area contributed by atoms with Crippen LogP contribution in [0.25, 0.3) is 0 Å². The molecule has 0 fully saturated rings. The molecule has 27 heavy (non-hydrogen) atoms. The maximum absolute atomic E-state index is 12.1. The standard InChI is InChI=1S/C21H28N4O2/c1-17(11-12-18-8-4-3-5-9-18)24-21(27)23-16-20(26)25(2)15-13-19-10-6-7-14-22-19/h3-10,14,17H,11-13,15-16H2,1-2H3,(H2,23,24,27). The van der Waals surface area contributed by atoms with Crippen molar-refractivity contribution in [3.05, 3.63) is 66.0 Å². The number of likely N-dealkylation sites (N-methyl/N-ethyl adjacent to an activating group) is 1. The van der Waals surface area contributed by atoms with Gasteiger partial charge in [-0.3, -0.25) is 9.78 Å². The summed E-state index contributed by atoms with van der Waals surface area (Å²) in [6.45, 7) is 2.51. The number of nitrogens with zero attached hydrogens (tertiary/aromatic N) is 2. The maximum atomic E-state index is 12.1. The molecule has 1 aromatic heterocycles. The number of pyridine rings is 1. The molecule has 2 N–H and O–H groups in total. The van der Waals surface area contributed by atoms with Crippen LogP contribution >= 0.6 is 0 Å². The molecule has 2 aromatic rings. The Hall–Kier alpha value is -2.89. The van der Waals surface area contributed by atoms with E-state index in [-0.39, 0.29) is 24.5 Å². The molecular formula is C21H28N4O2. The van der Waals surface area contributed by atoms with E-state index in [0.717, 1.165) is 18.5 Å². The van der Waals surface area contributed by atoms with E-state index in [9.17, 15) is 9.59 Å². The quantitative estimate of drug-likeness (QED) is 0.714. The summed E-state index contributed by atoms with van der Waals surface area (Å²) in [4.78, 5) is 29.9. The molecule has 6 heteroatoms. The lowest BCUT2D eigenvalue weighted by atomic mass is 10.1. The van der Waals surface area contributed by atoms with Gasteiger partial charge in [-0.25, -0.2) is 4.79 Å². The third kappa shape index (κ3) is 7.90. The summed E-state index contributed by atoms with van der Waals surface area (Å²) in [6.07, 6.45) is 4.17. The van der Waals surface area contributed by atoms with Crippen LogP contribution in [0.5, 0.6) is 0 Å². The number of carbonyl (C=O) groups is 2. The first-order valence-electron chi connectivity index (χ1n) is 9.26. The number of nitrogens with one attached hydrogen (secondary N) is 2. The third-order valence-electron chi connectivity index (χ3n) is 4.34. The molecule has 2 rings (SSSR count). The highest BCUT2D eigenvalue weighted by molar-refractivity contribution is 5.83. The first kappa shape index (κ1) is 20.4. The number of aryl methyl sites for hydroxylation is 1. The van der Waals surface area contributed by atoms with Gasteiger partial charge in [-0.05, 0) is 37.5 Å². The van der Waals surface area contributed by atoms with E-state index in [1.807, 2.05) is 43.3 Å². The number of benzene rings is 1. The third-order valence-corrected chi connectivity index (χ3v) is 4.34. The second-order valence-corrected chi connectivity index (χ2v) is 6.64. The van der Waals surface area contributed by atoms with Gasteiger partial charge in [0.1, 0.15) is 0 Å². The van der Waals surface area contributed by atoms with E-state index in [0.29, 0.717) is 13.0 Å². The van der Waals surface area contributed by atoms with Crippen molar-refractivity contribution in [2.45, 2.75) is 32.2 Å². The molecule has 3 amide bonds. The van der Waals surface area contributed by atoms with E-state index in [4.69, 9.17) is 0 Å². The number of hydrogen-bond acceptors (Lipinski definition) is 3. The van der Waals surface area contributed by atoms with Crippen molar-refractivity contribution in [2.24, 2.45) is 0 Å². The molecule has 0 saturated heterocycles. The largest absolute Gasteiger partial charge is 0.344 e. The Bertz CT molecular complexity index is 707. The summed E-state index contributed by atoms with van der Waals surface area (Å²) >= 11 is 0. The molecule has 1 aromatic carbocycles. The predicted molar refractivity (Wildman–Crippen MR) is 106 cm³/mol. The molecule has 0 radical (unpaired) electrons. The number of rotatable bonds is 9. The number of hydrogen-bond donors (Lipinski definition) is 2.